The lowest BCUT2D eigenvalue weighted by Gasteiger charge is -2.11. The van der Waals surface area contributed by atoms with E-state index >= 15 is 0 Å². The minimum Gasteiger partial charge on any atom is -0.497 e. The van der Waals surface area contributed by atoms with E-state index in [9.17, 15) is 10.1 Å². The number of pyridine rings is 1. The number of non-ortho nitro benzene ring substituents is 1. The average molecular weight is 382 g/mol. The summed E-state index contributed by atoms with van der Waals surface area (Å²) in [6.07, 6.45) is 0. The molecule has 0 amide bonds. The summed E-state index contributed by atoms with van der Waals surface area (Å²) >= 11 is 0. The zero-order chi connectivity index (χ0) is 20.2. The highest BCUT2D eigenvalue weighted by Gasteiger charge is 2.12. The molecule has 1 aromatic heterocycles. The molecule has 3 aromatic carbocycles. The van der Waals surface area contributed by atoms with Crippen LogP contribution in [0.25, 0.3) is 33.6 Å². The topological polar surface area (TPSA) is 65.3 Å². The fourth-order valence-electron chi connectivity index (χ4n) is 3.16. The summed E-state index contributed by atoms with van der Waals surface area (Å²) < 4.78 is 5.25. The summed E-state index contributed by atoms with van der Waals surface area (Å²) in [7, 11) is 1.63. The van der Waals surface area contributed by atoms with Crippen molar-refractivity contribution in [2.45, 2.75) is 0 Å². The third kappa shape index (κ3) is 3.99. The molecule has 0 saturated heterocycles. The maximum absolute atomic E-state index is 11.2. The summed E-state index contributed by atoms with van der Waals surface area (Å²) in [5.41, 5.74) is 5.20. The fraction of sp³-hybridized carbons (Fsp3) is 0.0417. The Labute approximate surface area is 168 Å². The Morgan fingerprint density at radius 2 is 1.38 bits per heavy atom. The molecule has 0 atom stereocenters. The Morgan fingerprint density at radius 3 is 2.03 bits per heavy atom. The van der Waals surface area contributed by atoms with Gasteiger partial charge in [0, 0.05) is 23.3 Å². The molecule has 142 valence electrons. The summed E-state index contributed by atoms with van der Waals surface area (Å²) in [5.74, 6) is 0.782. The Kier molecular flexibility index (Phi) is 5.03. The molecule has 0 bridgehead atoms. The molecule has 0 N–H and O–H groups in total. The van der Waals surface area contributed by atoms with E-state index in [0.717, 1.165) is 28.1 Å². The van der Waals surface area contributed by atoms with Crippen molar-refractivity contribution in [3.8, 4) is 39.4 Å². The lowest BCUT2D eigenvalue weighted by molar-refractivity contribution is -0.384. The van der Waals surface area contributed by atoms with Gasteiger partial charge in [-0.15, -0.1) is 0 Å². The highest BCUT2D eigenvalue weighted by Crippen LogP contribution is 2.32. The minimum atomic E-state index is -0.394. The summed E-state index contributed by atoms with van der Waals surface area (Å²) in [6.45, 7) is 0. The van der Waals surface area contributed by atoms with Crippen LogP contribution in [0.4, 0.5) is 5.69 Å². The molecule has 0 aliphatic heterocycles. The molecule has 0 saturated carbocycles. The minimum absolute atomic E-state index is 0.0420. The molecule has 0 aliphatic rings. The van der Waals surface area contributed by atoms with E-state index in [4.69, 9.17) is 9.72 Å². The lowest BCUT2D eigenvalue weighted by Crippen LogP contribution is -1.93. The van der Waals surface area contributed by atoms with E-state index in [2.05, 4.69) is 0 Å². The SMILES string of the molecule is COc1ccc(-c2cc(-c3ccccc3)nc(-c3cccc([N+](=O)[O-])c3)c2)cc1. The van der Waals surface area contributed by atoms with Crippen LogP contribution in [0, 0.1) is 10.1 Å². The van der Waals surface area contributed by atoms with Crippen LogP contribution in [0.2, 0.25) is 0 Å². The van der Waals surface area contributed by atoms with Crippen LogP contribution < -0.4 is 4.74 Å². The van der Waals surface area contributed by atoms with Gasteiger partial charge in [0.05, 0.1) is 23.4 Å². The van der Waals surface area contributed by atoms with Gasteiger partial charge in [-0.25, -0.2) is 4.98 Å². The van der Waals surface area contributed by atoms with E-state index < -0.39 is 4.92 Å². The fourth-order valence-corrected chi connectivity index (χ4v) is 3.16. The van der Waals surface area contributed by atoms with Gasteiger partial charge < -0.3 is 4.74 Å². The Balaban J connectivity index is 1.88. The zero-order valence-corrected chi connectivity index (χ0v) is 15.8. The molecule has 0 aliphatic carbocycles. The van der Waals surface area contributed by atoms with Crippen molar-refractivity contribution in [2.24, 2.45) is 0 Å². The molecule has 0 unspecified atom stereocenters. The molecule has 1 heterocycles. The van der Waals surface area contributed by atoms with Crippen molar-refractivity contribution in [3.63, 3.8) is 0 Å². The number of nitro benzene ring substituents is 1. The first-order valence-electron chi connectivity index (χ1n) is 9.11. The number of hydrogen-bond donors (Lipinski definition) is 0. The molecule has 4 rings (SSSR count). The summed E-state index contributed by atoms with van der Waals surface area (Å²) in [5, 5.41) is 11.2. The summed E-state index contributed by atoms with van der Waals surface area (Å²) in [6, 6.07) is 28.2. The Hall–Kier alpha value is -3.99. The van der Waals surface area contributed by atoms with Crippen LogP contribution >= 0.6 is 0 Å². The molecule has 0 fully saturated rings. The Morgan fingerprint density at radius 1 is 0.724 bits per heavy atom. The molecule has 29 heavy (non-hydrogen) atoms. The van der Waals surface area contributed by atoms with Gasteiger partial charge in [0.15, 0.2) is 0 Å². The van der Waals surface area contributed by atoms with Gasteiger partial charge >= 0.3 is 0 Å². The predicted molar refractivity (Wildman–Crippen MR) is 114 cm³/mol. The highest BCUT2D eigenvalue weighted by atomic mass is 16.6. The van der Waals surface area contributed by atoms with Gasteiger partial charge in [0.25, 0.3) is 5.69 Å². The first-order valence-corrected chi connectivity index (χ1v) is 9.11. The largest absolute Gasteiger partial charge is 0.497 e. The standard InChI is InChI=1S/C24H18N2O3/c1-29-22-12-10-17(11-13-22)20-15-23(18-6-3-2-4-7-18)25-24(16-20)19-8-5-9-21(14-19)26(27)28/h2-16H,1H3. The monoisotopic (exact) mass is 382 g/mol. The van der Waals surface area contributed by atoms with Crippen molar-refractivity contribution in [1.82, 2.24) is 4.98 Å². The number of methoxy groups -OCH3 is 1. The van der Waals surface area contributed by atoms with Gasteiger partial charge in [-0.3, -0.25) is 10.1 Å². The van der Waals surface area contributed by atoms with Crippen molar-refractivity contribution in [2.75, 3.05) is 7.11 Å². The number of ether oxygens (including phenoxy) is 1. The number of benzene rings is 3. The molecule has 5 heteroatoms. The first-order chi connectivity index (χ1) is 14.1. The van der Waals surface area contributed by atoms with E-state index in [1.165, 1.54) is 6.07 Å². The van der Waals surface area contributed by atoms with Crippen LogP contribution in [0.5, 0.6) is 5.75 Å². The number of aromatic nitrogens is 1. The molecule has 5 nitrogen and oxygen atoms in total. The molecule has 4 aromatic rings. The molecule has 0 radical (unpaired) electrons. The van der Waals surface area contributed by atoms with E-state index in [0.29, 0.717) is 11.3 Å². The maximum atomic E-state index is 11.2. The number of hydrogen-bond acceptors (Lipinski definition) is 4. The summed E-state index contributed by atoms with van der Waals surface area (Å²) in [4.78, 5) is 15.6. The maximum Gasteiger partial charge on any atom is 0.270 e. The van der Waals surface area contributed by atoms with E-state index in [1.54, 1.807) is 19.2 Å². The quantitative estimate of drug-likeness (QED) is 0.314. The number of nitrogens with zero attached hydrogens (tertiary/aromatic N) is 2. The zero-order valence-electron chi connectivity index (χ0n) is 15.8. The molecule has 0 spiro atoms. The van der Waals surface area contributed by atoms with E-state index in [1.807, 2.05) is 72.8 Å². The highest BCUT2D eigenvalue weighted by molar-refractivity contribution is 5.77. The van der Waals surface area contributed by atoms with Crippen LogP contribution in [-0.4, -0.2) is 17.0 Å². The predicted octanol–water partition coefficient (Wildman–Crippen LogP) is 6.00. The smallest absolute Gasteiger partial charge is 0.270 e. The van der Waals surface area contributed by atoms with Crippen molar-refractivity contribution < 1.29 is 9.66 Å². The number of rotatable bonds is 5. The van der Waals surface area contributed by atoms with Gasteiger partial charge in [-0.2, -0.15) is 0 Å². The van der Waals surface area contributed by atoms with Crippen molar-refractivity contribution >= 4 is 5.69 Å². The van der Waals surface area contributed by atoms with Crippen molar-refractivity contribution in [1.29, 1.82) is 0 Å². The first kappa shape index (κ1) is 18.4. The van der Waals surface area contributed by atoms with Crippen LogP contribution in [0.3, 0.4) is 0 Å². The number of nitro groups is 1. The molecular formula is C24H18N2O3. The average Bonchev–Trinajstić information content (AvgIpc) is 2.79. The van der Waals surface area contributed by atoms with Crippen LogP contribution in [0.15, 0.2) is 91.0 Å². The lowest BCUT2D eigenvalue weighted by atomic mass is 10.00. The van der Waals surface area contributed by atoms with Gasteiger partial charge in [-0.05, 0) is 35.4 Å². The second-order valence-electron chi connectivity index (χ2n) is 6.53. The molecular weight excluding hydrogens is 364 g/mol. The van der Waals surface area contributed by atoms with Crippen LogP contribution in [0.1, 0.15) is 0 Å². The van der Waals surface area contributed by atoms with Crippen molar-refractivity contribution in [3.05, 3.63) is 101 Å². The normalized spacial score (nSPS) is 10.5. The second-order valence-corrected chi connectivity index (χ2v) is 6.53. The third-order valence-electron chi connectivity index (χ3n) is 4.67. The van der Waals surface area contributed by atoms with Crippen LogP contribution in [-0.2, 0) is 0 Å². The van der Waals surface area contributed by atoms with Gasteiger partial charge in [0.1, 0.15) is 5.75 Å². The van der Waals surface area contributed by atoms with Gasteiger partial charge in [0.2, 0.25) is 0 Å². The van der Waals surface area contributed by atoms with Gasteiger partial charge in [-0.1, -0.05) is 54.6 Å². The third-order valence-corrected chi connectivity index (χ3v) is 4.67. The Bertz CT molecular complexity index is 1160. The second kappa shape index (κ2) is 7.94. The van der Waals surface area contributed by atoms with E-state index in [-0.39, 0.29) is 5.69 Å².